The van der Waals surface area contributed by atoms with Gasteiger partial charge in [-0.2, -0.15) is 5.10 Å². The fourth-order valence-corrected chi connectivity index (χ4v) is 3.16. The van der Waals surface area contributed by atoms with Gasteiger partial charge >= 0.3 is 0 Å². The maximum Gasteiger partial charge on any atom is 0.0972 e. The van der Waals surface area contributed by atoms with Gasteiger partial charge in [0, 0.05) is 30.4 Å². The zero-order valence-corrected chi connectivity index (χ0v) is 16.1. The molecule has 5 nitrogen and oxygen atoms in total. The molecule has 3 rings (SSSR count). The van der Waals surface area contributed by atoms with Crippen molar-refractivity contribution >= 4 is 0 Å². The lowest BCUT2D eigenvalue weighted by Gasteiger charge is -2.19. The van der Waals surface area contributed by atoms with Gasteiger partial charge in [0.15, 0.2) is 0 Å². The van der Waals surface area contributed by atoms with Gasteiger partial charge in [-0.1, -0.05) is 41.5 Å². The number of nitrogens with zero attached hydrogens (tertiary/aromatic N) is 3. The number of benzene rings is 2. The molecule has 0 saturated carbocycles. The van der Waals surface area contributed by atoms with Crippen molar-refractivity contribution in [2.45, 2.75) is 26.5 Å². The molecular weight excluding hydrogens is 338 g/mol. The molecule has 1 atom stereocenters. The second-order valence-corrected chi connectivity index (χ2v) is 7.19. The van der Waals surface area contributed by atoms with Crippen LogP contribution in [-0.2, 0) is 6.54 Å². The SMILES string of the molecule is Cc1ccc(-n2cc(CN(C)C[C@@H](O)CO)c(-c3cccc(C)c3)n2)cc1. The first kappa shape index (κ1) is 19.3. The first-order valence-electron chi connectivity index (χ1n) is 9.16. The summed E-state index contributed by atoms with van der Waals surface area (Å²) in [6.07, 6.45) is 1.30. The third-order valence-corrected chi connectivity index (χ3v) is 4.55. The normalized spacial score (nSPS) is 12.5. The quantitative estimate of drug-likeness (QED) is 0.676. The van der Waals surface area contributed by atoms with E-state index in [0.717, 1.165) is 22.5 Å². The molecule has 1 heterocycles. The van der Waals surface area contributed by atoms with Crippen LogP contribution in [0.3, 0.4) is 0 Å². The summed E-state index contributed by atoms with van der Waals surface area (Å²) in [6, 6.07) is 16.6. The number of likely N-dealkylation sites (N-methyl/N-ethyl adjacent to an activating group) is 1. The van der Waals surface area contributed by atoms with Crippen molar-refractivity contribution in [3.05, 3.63) is 71.4 Å². The van der Waals surface area contributed by atoms with E-state index in [9.17, 15) is 5.11 Å². The van der Waals surface area contributed by atoms with Gasteiger partial charge in [-0.05, 0) is 39.1 Å². The number of rotatable bonds is 7. The Hall–Kier alpha value is -2.47. The van der Waals surface area contributed by atoms with Gasteiger partial charge < -0.3 is 10.2 Å². The molecule has 27 heavy (non-hydrogen) atoms. The Kier molecular flexibility index (Phi) is 6.06. The highest BCUT2D eigenvalue weighted by atomic mass is 16.3. The molecule has 5 heteroatoms. The lowest BCUT2D eigenvalue weighted by molar-refractivity contribution is 0.0648. The molecule has 2 N–H and O–H groups in total. The second kappa shape index (κ2) is 8.48. The maximum absolute atomic E-state index is 9.73. The van der Waals surface area contributed by atoms with E-state index in [1.54, 1.807) is 0 Å². The second-order valence-electron chi connectivity index (χ2n) is 7.19. The average molecular weight is 365 g/mol. The molecule has 0 saturated heterocycles. The summed E-state index contributed by atoms with van der Waals surface area (Å²) in [5.41, 5.74) is 6.50. The minimum atomic E-state index is -0.746. The summed E-state index contributed by atoms with van der Waals surface area (Å²) in [5.74, 6) is 0. The van der Waals surface area contributed by atoms with E-state index in [1.807, 2.05) is 28.9 Å². The van der Waals surface area contributed by atoms with Gasteiger partial charge in [-0.15, -0.1) is 0 Å². The van der Waals surface area contributed by atoms with Crippen molar-refractivity contribution < 1.29 is 10.2 Å². The van der Waals surface area contributed by atoms with Crippen molar-refractivity contribution in [3.8, 4) is 16.9 Å². The Labute approximate surface area is 160 Å². The number of aliphatic hydroxyl groups is 2. The molecule has 142 valence electrons. The lowest BCUT2D eigenvalue weighted by Crippen LogP contribution is -2.31. The molecular formula is C22H27N3O2. The van der Waals surface area contributed by atoms with Crippen molar-refractivity contribution in [1.82, 2.24) is 14.7 Å². The van der Waals surface area contributed by atoms with Crippen LogP contribution in [-0.4, -0.2) is 51.2 Å². The fraction of sp³-hybridized carbons (Fsp3) is 0.318. The summed E-state index contributed by atoms with van der Waals surface area (Å²) in [5, 5.41) is 23.7. The Morgan fingerprint density at radius 1 is 1.07 bits per heavy atom. The highest BCUT2D eigenvalue weighted by molar-refractivity contribution is 5.64. The van der Waals surface area contributed by atoms with E-state index in [0.29, 0.717) is 13.1 Å². The molecule has 0 aliphatic heterocycles. The Bertz CT molecular complexity index is 887. The lowest BCUT2D eigenvalue weighted by atomic mass is 10.1. The molecule has 0 aliphatic carbocycles. The third-order valence-electron chi connectivity index (χ3n) is 4.55. The van der Waals surface area contributed by atoms with Crippen molar-refractivity contribution in [2.24, 2.45) is 0 Å². The van der Waals surface area contributed by atoms with Crippen LogP contribution in [0.1, 0.15) is 16.7 Å². The monoisotopic (exact) mass is 365 g/mol. The van der Waals surface area contributed by atoms with Gasteiger partial charge in [0.05, 0.1) is 24.1 Å². The largest absolute Gasteiger partial charge is 0.394 e. The van der Waals surface area contributed by atoms with Gasteiger partial charge in [-0.25, -0.2) is 4.68 Å². The van der Waals surface area contributed by atoms with Gasteiger partial charge in [-0.3, -0.25) is 4.90 Å². The Morgan fingerprint density at radius 3 is 2.48 bits per heavy atom. The number of hydrogen-bond donors (Lipinski definition) is 2. The minimum Gasteiger partial charge on any atom is -0.394 e. The first-order chi connectivity index (χ1) is 13.0. The van der Waals surface area contributed by atoms with Crippen LogP contribution in [0.25, 0.3) is 16.9 Å². The van der Waals surface area contributed by atoms with E-state index in [1.165, 1.54) is 11.1 Å². The topological polar surface area (TPSA) is 61.5 Å². The summed E-state index contributed by atoms with van der Waals surface area (Å²) >= 11 is 0. The molecule has 0 aliphatic rings. The number of aromatic nitrogens is 2. The molecule has 0 bridgehead atoms. The first-order valence-corrected chi connectivity index (χ1v) is 9.16. The van der Waals surface area contributed by atoms with Crippen LogP contribution in [0.15, 0.2) is 54.7 Å². The molecule has 0 unspecified atom stereocenters. The molecule has 0 radical (unpaired) electrons. The van der Waals surface area contributed by atoms with Crippen LogP contribution in [0.5, 0.6) is 0 Å². The molecule has 1 aromatic heterocycles. The van der Waals surface area contributed by atoms with Crippen molar-refractivity contribution in [1.29, 1.82) is 0 Å². The van der Waals surface area contributed by atoms with Gasteiger partial charge in [0.1, 0.15) is 0 Å². The number of hydrogen-bond acceptors (Lipinski definition) is 4. The van der Waals surface area contributed by atoms with E-state index in [-0.39, 0.29) is 6.61 Å². The average Bonchev–Trinajstić information content (AvgIpc) is 3.05. The Morgan fingerprint density at radius 2 is 1.81 bits per heavy atom. The van der Waals surface area contributed by atoms with Crippen LogP contribution in [0.4, 0.5) is 0 Å². The maximum atomic E-state index is 9.73. The van der Waals surface area contributed by atoms with E-state index in [4.69, 9.17) is 10.2 Å². The third kappa shape index (κ3) is 4.83. The van der Waals surface area contributed by atoms with Crippen LogP contribution < -0.4 is 0 Å². The summed E-state index contributed by atoms with van der Waals surface area (Å²) < 4.78 is 1.91. The van der Waals surface area contributed by atoms with E-state index < -0.39 is 6.10 Å². The standard InChI is InChI=1S/C22H27N3O2/c1-16-7-9-20(10-8-16)25-13-19(12-24(3)14-21(27)15-26)22(23-25)18-6-4-5-17(2)11-18/h4-11,13,21,26-27H,12,14-15H2,1-3H3/t21-/m1/s1. The highest BCUT2D eigenvalue weighted by Gasteiger charge is 2.16. The predicted molar refractivity (Wildman–Crippen MR) is 108 cm³/mol. The van der Waals surface area contributed by atoms with Crippen LogP contribution in [0, 0.1) is 13.8 Å². The molecule has 0 amide bonds. The van der Waals surface area contributed by atoms with Crippen LogP contribution >= 0.6 is 0 Å². The Balaban J connectivity index is 1.97. The minimum absolute atomic E-state index is 0.238. The fourth-order valence-electron chi connectivity index (χ4n) is 3.16. The zero-order valence-electron chi connectivity index (χ0n) is 16.1. The van der Waals surface area contributed by atoms with Crippen molar-refractivity contribution in [3.63, 3.8) is 0 Å². The van der Waals surface area contributed by atoms with Crippen molar-refractivity contribution in [2.75, 3.05) is 20.2 Å². The highest BCUT2D eigenvalue weighted by Crippen LogP contribution is 2.25. The van der Waals surface area contributed by atoms with E-state index >= 15 is 0 Å². The summed E-state index contributed by atoms with van der Waals surface area (Å²) in [4.78, 5) is 2.00. The molecule has 2 aromatic carbocycles. The number of aliphatic hydroxyl groups excluding tert-OH is 2. The van der Waals surface area contributed by atoms with Gasteiger partial charge in [0.2, 0.25) is 0 Å². The number of aryl methyl sites for hydroxylation is 2. The summed E-state index contributed by atoms with van der Waals surface area (Å²) in [6.45, 7) is 4.94. The predicted octanol–water partition coefficient (Wildman–Crippen LogP) is 2.94. The zero-order chi connectivity index (χ0) is 19.4. The molecule has 0 fully saturated rings. The summed E-state index contributed by atoms with van der Waals surface area (Å²) in [7, 11) is 1.93. The van der Waals surface area contributed by atoms with Gasteiger partial charge in [0.25, 0.3) is 0 Å². The smallest absolute Gasteiger partial charge is 0.0972 e. The molecule has 3 aromatic rings. The molecule has 0 spiro atoms. The van der Waals surface area contributed by atoms with E-state index in [2.05, 4.69) is 56.3 Å². The van der Waals surface area contributed by atoms with Crippen LogP contribution in [0.2, 0.25) is 0 Å².